The number of rotatable bonds is 7. The van der Waals surface area contributed by atoms with Gasteiger partial charge < -0.3 is 15.3 Å². The van der Waals surface area contributed by atoms with Gasteiger partial charge >= 0.3 is 0 Å². The molecule has 2 amide bonds. The van der Waals surface area contributed by atoms with Gasteiger partial charge in [0.2, 0.25) is 11.8 Å². The monoisotopic (exact) mass is 638 g/mol. The van der Waals surface area contributed by atoms with Crippen molar-refractivity contribution in [2.75, 3.05) is 6.54 Å². The highest BCUT2D eigenvalue weighted by Gasteiger charge is 2.74. The van der Waals surface area contributed by atoms with E-state index in [0.717, 1.165) is 0 Å². The SMILES string of the molecule is Cc1nonc1C(=O)N[C@H](c1cn2ncc([C@@H]3C[C@](O)(C(F)F)CCN3C(=O)C34CC(F)(C3)C4)nc2n1)C1CCC(F)(F)CC1. The Morgan fingerprint density at radius 1 is 1.09 bits per heavy atom. The summed E-state index contributed by atoms with van der Waals surface area (Å²) in [5, 5.41) is 25.1. The second-order valence-electron chi connectivity index (χ2n) is 13.3. The molecule has 45 heavy (non-hydrogen) atoms. The molecule has 5 aliphatic rings. The number of aromatic nitrogens is 6. The number of imidazole rings is 1. The Bertz CT molecular complexity index is 1630. The van der Waals surface area contributed by atoms with Gasteiger partial charge in [-0.05, 0) is 56.5 Å². The second kappa shape index (κ2) is 10.1. The molecule has 0 aromatic carbocycles. The van der Waals surface area contributed by atoms with Crippen molar-refractivity contribution in [1.82, 2.24) is 40.1 Å². The zero-order valence-electron chi connectivity index (χ0n) is 24.2. The van der Waals surface area contributed by atoms with Gasteiger partial charge in [0.25, 0.3) is 18.1 Å². The maximum atomic E-state index is 14.3. The van der Waals surface area contributed by atoms with Crippen molar-refractivity contribution in [1.29, 1.82) is 0 Å². The predicted molar refractivity (Wildman–Crippen MR) is 142 cm³/mol. The number of carbonyl (C=O) groups excluding carboxylic acids is 2. The molecule has 12 nitrogen and oxygen atoms in total. The van der Waals surface area contributed by atoms with Gasteiger partial charge in [-0.3, -0.25) is 9.59 Å². The molecule has 0 radical (unpaired) electrons. The van der Waals surface area contributed by atoms with Crippen molar-refractivity contribution in [2.45, 2.75) is 100 Å². The average Bonchev–Trinajstić information content (AvgIpc) is 3.59. The molecule has 4 aliphatic carbocycles. The molecule has 3 atom stereocenters. The standard InChI is InChI=1S/C28H31F5N8O4/c1-14-19(39-45-38-14)21(42)37-20(15-2-4-28(32,33)5-3-15)17-10-41-24(36-17)35-16(9-34-41)18-8-27(44,22(29)30)6-7-40(18)23(43)25-11-26(31,12-25)13-25/h9-10,15,18,20,22,44H,2-8,11-13H2,1H3,(H,37,42)/t18-,20-,25?,26?,27-/m0/s1. The van der Waals surface area contributed by atoms with E-state index in [2.05, 4.69) is 35.3 Å². The first-order chi connectivity index (χ1) is 21.2. The van der Waals surface area contributed by atoms with Crippen LogP contribution in [0.3, 0.4) is 0 Å². The van der Waals surface area contributed by atoms with Crippen LogP contribution >= 0.6 is 0 Å². The lowest BCUT2D eigenvalue weighted by molar-refractivity contribution is -0.228. The van der Waals surface area contributed by atoms with E-state index in [9.17, 15) is 36.6 Å². The number of likely N-dealkylation sites (tertiary alicyclic amines) is 1. The fraction of sp³-hybridized carbons (Fsp3) is 0.679. The number of piperidine rings is 1. The third kappa shape index (κ3) is 5.02. The topological polar surface area (TPSA) is 152 Å². The van der Waals surface area contributed by atoms with Gasteiger partial charge in [-0.2, -0.15) is 5.10 Å². The number of amides is 2. The highest BCUT2D eigenvalue weighted by atomic mass is 19.3. The van der Waals surface area contributed by atoms with E-state index >= 15 is 0 Å². The van der Waals surface area contributed by atoms with E-state index < -0.39 is 59.4 Å². The minimum Gasteiger partial charge on any atom is -0.384 e. The maximum absolute atomic E-state index is 14.3. The lowest BCUT2D eigenvalue weighted by Crippen LogP contribution is -2.71. The Hall–Kier alpha value is -3.76. The van der Waals surface area contributed by atoms with E-state index in [-0.39, 0.29) is 92.4 Å². The molecule has 17 heteroatoms. The number of aliphatic hydroxyl groups is 1. The van der Waals surface area contributed by atoms with Gasteiger partial charge in [-0.15, -0.1) is 0 Å². The van der Waals surface area contributed by atoms with Crippen molar-refractivity contribution in [3.05, 3.63) is 35.2 Å². The van der Waals surface area contributed by atoms with E-state index in [1.807, 2.05) is 0 Å². The van der Waals surface area contributed by atoms with E-state index in [0.29, 0.717) is 0 Å². The van der Waals surface area contributed by atoms with Gasteiger partial charge in [0.1, 0.15) is 17.0 Å². The van der Waals surface area contributed by atoms with Crippen LogP contribution in [0.5, 0.6) is 0 Å². The third-order valence-electron chi connectivity index (χ3n) is 10.1. The first-order valence-corrected chi connectivity index (χ1v) is 14.9. The Morgan fingerprint density at radius 3 is 2.42 bits per heavy atom. The predicted octanol–water partition coefficient (Wildman–Crippen LogP) is 3.66. The Morgan fingerprint density at radius 2 is 1.80 bits per heavy atom. The molecular weight excluding hydrogens is 607 g/mol. The van der Waals surface area contributed by atoms with Crippen molar-refractivity contribution in [2.24, 2.45) is 11.3 Å². The van der Waals surface area contributed by atoms with Crippen LogP contribution in [0.4, 0.5) is 22.0 Å². The highest BCUT2D eigenvalue weighted by Crippen LogP contribution is 2.70. The second-order valence-corrected chi connectivity index (χ2v) is 13.3. The van der Waals surface area contributed by atoms with E-state index in [1.54, 1.807) is 0 Å². The van der Waals surface area contributed by atoms with Crippen molar-refractivity contribution in [3.8, 4) is 0 Å². The van der Waals surface area contributed by atoms with Crippen molar-refractivity contribution in [3.63, 3.8) is 0 Å². The number of alkyl halides is 5. The molecule has 2 N–H and O–H groups in total. The van der Waals surface area contributed by atoms with Crippen LogP contribution < -0.4 is 5.32 Å². The number of halogens is 5. The maximum Gasteiger partial charge on any atom is 0.276 e. The number of hydrogen-bond donors (Lipinski definition) is 2. The summed E-state index contributed by atoms with van der Waals surface area (Å²) in [6.07, 6.45) is -1.45. The fourth-order valence-corrected chi connectivity index (χ4v) is 7.51. The highest BCUT2D eigenvalue weighted by molar-refractivity contribution is 5.93. The quantitative estimate of drug-likeness (QED) is 0.370. The van der Waals surface area contributed by atoms with Gasteiger partial charge in [0.15, 0.2) is 5.69 Å². The molecule has 1 aliphatic heterocycles. The van der Waals surface area contributed by atoms with Crippen LogP contribution in [0.15, 0.2) is 17.0 Å². The number of fused-ring (bicyclic) bond motifs is 1. The Labute approximate surface area is 252 Å². The molecule has 1 saturated heterocycles. The Kier molecular flexibility index (Phi) is 6.73. The summed E-state index contributed by atoms with van der Waals surface area (Å²) in [5.74, 6) is -4.22. The molecule has 3 aromatic heterocycles. The summed E-state index contributed by atoms with van der Waals surface area (Å²) < 4.78 is 76.1. The normalized spacial score (nSPS) is 31.8. The number of aryl methyl sites for hydroxylation is 1. The molecule has 8 rings (SSSR count). The number of nitrogens with one attached hydrogen (secondary N) is 1. The lowest BCUT2D eigenvalue weighted by atomic mass is 9.41. The van der Waals surface area contributed by atoms with Crippen molar-refractivity contribution < 1.29 is 41.3 Å². The number of hydrogen-bond acceptors (Lipinski definition) is 9. The van der Waals surface area contributed by atoms with E-state index in [4.69, 9.17) is 0 Å². The molecule has 0 spiro atoms. The average molecular weight is 639 g/mol. The zero-order valence-corrected chi connectivity index (χ0v) is 24.2. The van der Waals surface area contributed by atoms with Gasteiger partial charge in [0.05, 0.1) is 41.3 Å². The molecule has 3 aromatic rings. The largest absolute Gasteiger partial charge is 0.384 e. The smallest absolute Gasteiger partial charge is 0.276 e. The van der Waals surface area contributed by atoms with Crippen LogP contribution in [-0.2, 0) is 4.79 Å². The summed E-state index contributed by atoms with van der Waals surface area (Å²) >= 11 is 0. The van der Waals surface area contributed by atoms with Crippen LogP contribution in [0, 0.1) is 18.3 Å². The summed E-state index contributed by atoms with van der Waals surface area (Å²) in [6.45, 7) is 1.36. The number of carbonyl (C=O) groups is 2. The molecule has 0 unspecified atom stereocenters. The summed E-state index contributed by atoms with van der Waals surface area (Å²) in [7, 11) is 0. The molecule has 4 saturated carbocycles. The van der Waals surface area contributed by atoms with Crippen molar-refractivity contribution >= 4 is 17.6 Å². The molecule has 4 heterocycles. The first-order valence-electron chi connectivity index (χ1n) is 14.9. The van der Waals surface area contributed by atoms with Gasteiger partial charge in [-0.25, -0.2) is 41.1 Å². The molecular formula is C28H31F5N8O4. The summed E-state index contributed by atoms with van der Waals surface area (Å²) in [4.78, 5) is 37.1. The summed E-state index contributed by atoms with van der Waals surface area (Å²) in [5.41, 5.74) is -4.05. The molecule has 242 valence electrons. The van der Waals surface area contributed by atoms with Crippen LogP contribution in [-0.4, -0.2) is 81.9 Å². The fourth-order valence-electron chi connectivity index (χ4n) is 7.51. The van der Waals surface area contributed by atoms with E-state index in [1.165, 1.54) is 28.7 Å². The summed E-state index contributed by atoms with van der Waals surface area (Å²) in [6, 6.07) is -1.92. The Balaban J connectivity index is 1.20. The number of nitrogens with zero attached hydrogens (tertiary/aromatic N) is 7. The molecule has 2 bridgehead atoms. The van der Waals surface area contributed by atoms with Gasteiger partial charge in [-0.1, -0.05) is 5.16 Å². The minimum absolute atomic E-state index is 0.00829. The third-order valence-corrected chi connectivity index (χ3v) is 10.1. The molecule has 5 fully saturated rings. The minimum atomic E-state index is -3.08. The van der Waals surface area contributed by atoms with Crippen LogP contribution in [0.1, 0.15) is 97.4 Å². The zero-order chi connectivity index (χ0) is 31.9. The van der Waals surface area contributed by atoms with Crippen LogP contribution in [0.25, 0.3) is 5.78 Å². The van der Waals surface area contributed by atoms with Crippen LogP contribution in [0.2, 0.25) is 0 Å². The lowest BCUT2D eigenvalue weighted by Gasteiger charge is -2.65. The first kappa shape index (κ1) is 29.9. The van der Waals surface area contributed by atoms with Gasteiger partial charge in [0, 0.05) is 25.8 Å².